The molecule has 16 heavy (non-hydrogen) atoms. The maximum atomic E-state index is 11.9. The van der Waals surface area contributed by atoms with Crippen LogP contribution in [0.2, 0.25) is 5.02 Å². The van der Waals surface area contributed by atoms with Crippen molar-refractivity contribution in [2.24, 2.45) is 0 Å². The Labute approximate surface area is 102 Å². The smallest absolute Gasteiger partial charge is 0.168 e. The molecule has 0 spiro atoms. The number of halogens is 1. The fraction of sp³-hybridized carbons (Fsp3) is 0.0909. The van der Waals surface area contributed by atoms with Gasteiger partial charge in [0.25, 0.3) is 0 Å². The summed E-state index contributed by atoms with van der Waals surface area (Å²) in [6.07, 6.45) is 2.05. The molecule has 2 aromatic rings. The predicted molar refractivity (Wildman–Crippen MR) is 66.0 cm³/mol. The van der Waals surface area contributed by atoms with Gasteiger partial charge in [0, 0.05) is 23.1 Å². The molecule has 2 N–H and O–H groups in total. The number of carbonyl (C=O) groups is 1. The average molecular weight is 253 g/mol. The van der Waals surface area contributed by atoms with Crippen molar-refractivity contribution in [2.75, 3.05) is 5.73 Å². The summed E-state index contributed by atoms with van der Waals surface area (Å²) < 4.78 is 0. The van der Waals surface area contributed by atoms with Gasteiger partial charge in [-0.25, -0.2) is 0 Å². The molecule has 5 heteroatoms. The number of hydrogen-bond donors (Lipinski definition) is 1. The van der Waals surface area contributed by atoms with E-state index in [1.165, 1.54) is 11.3 Å². The zero-order chi connectivity index (χ0) is 11.5. The molecule has 82 valence electrons. The van der Waals surface area contributed by atoms with Crippen molar-refractivity contribution < 1.29 is 4.79 Å². The van der Waals surface area contributed by atoms with E-state index in [-0.39, 0.29) is 5.78 Å². The van der Waals surface area contributed by atoms with Crippen LogP contribution in [0.5, 0.6) is 0 Å². The van der Waals surface area contributed by atoms with Crippen LogP contribution in [0.4, 0.5) is 5.69 Å². The van der Waals surface area contributed by atoms with Crippen LogP contribution in [0.15, 0.2) is 29.9 Å². The number of thiazole rings is 1. The number of benzene rings is 1. The van der Waals surface area contributed by atoms with Gasteiger partial charge in [-0.1, -0.05) is 11.6 Å². The summed E-state index contributed by atoms with van der Waals surface area (Å²) in [4.78, 5) is 16.7. The number of aromatic nitrogens is 1. The summed E-state index contributed by atoms with van der Waals surface area (Å²) in [6, 6.07) is 4.92. The normalized spacial score (nSPS) is 10.3. The van der Waals surface area contributed by atoms with E-state index in [1.807, 2.05) is 0 Å². The van der Waals surface area contributed by atoms with E-state index in [0.29, 0.717) is 22.7 Å². The molecule has 0 bridgehead atoms. The van der Waals surface area contributed by atoms with Crippen molar-refractivity contribution in [2.45, 2.75) is 6.42 Å². The minimum Gasteiger partial charge on any atom is -0.398 e. The van der Waals surface area contributed by atoms with Crippen molar-refractivity contribution in [1.29, 1.82) is 0 Å². The number of ketones is 1. The zero-order valence-electron chi connectivity index (χ0n) is 8.31. The van der Waals surface area contributed by atoms with Crippen LogP contribution >= 0.6 is 22.9 Å². The van der Waals surface area contributed by atoms with Crippen LogP contribution < -0.4 is 5.73 Å². The van der Waals surface area contributed by atoms with Gasteiger partial charge in [-0.2, -0.15) is 0 Å². The zero-order valence-corrected chi connectivity index (χ0v) is 9.89. The Morgan fingerprint density at radius 3 is 2.94 bits per heavy atom. The Morgan fingerprint density at radius 2 is 2.31 bits per heavy atom. The van der Waals surface area contributed by atoms with Crippen molar-refractivity contribution in [3.8, 4) is 0 Å². The molecule has 0 aliphatic carbocycles. The second-order valence-electron chi connectivity index (χ2n) is 3.30. The van der Waals surface area contributed by atoms with Gasteiger partial charge < -0.3 is 5.73 Å². The summed E-state index contributed by atoms with van der Waals surface area (Å²) in [5.41, 5.74) is 8.34. The van der Waals surface area contributed by atoms with Crippen LogP contribution in [0.1, 0.15) is 15.2 Å². The fourth-order valence-electron chi connectivity index (χ4n) is 1.29. The predicted octanol–water partition coefficient (Wildman–Crippen LogP) is 2.80. The summed E-state index contributed by atoms with van der Waals surface area (Å²) in [7, 11) is 0. The van der Waals surface area contributed by atoms with Gasteiger partial charge in [0.2, 0.25) is 0 Å². The summed E-state index contributed by atoms with van der Waals surface area (Å²) >= 11 is 7.32. The van der Waals surface area contributed by atoms with E-state index in [9.17, 15) is 4.79 Å². The number of nitrogens with zero attached hydrogens (tertiary/aromatic N) is 1. The molecule has 0 saturated heterocycles. The van der Waals surface area contributed by atoms with Gasteiger partial charge >= 0.3 is 0 Å². The summed E-state index contributed by atoms with van der Waals surface area (Å²) in [5, 5.41) is 0.412. The molecule has 0 amide bonds. The molecule has 1 heterocycles. The number of rotatable bonds is 3. The fourth-order valence-corrected chi connectivity index (χ4v) is 2.06. The highest BCUT2D eigenvalue weighted by Gasteiger charge is 2.09. The first-order valence-electron chi connectivity index (χ1n) is 4.62. The van der Waals surface area contributed by atoms with E-state index in [1.54, 1.807) is 29.9 Å². The third kappa shape index (κ3) is 2.40. The molecule has 3 nitrogen and oxygen atoms in total. The largest absolute Gasteiger partial charge is 0.398 e. The molecule has 0 unspecified atom stereocenters. The molecule has 0 aliphatic heterocycles. The molecule has 0 atom stereocenters. The van der Waals surface area contributed by atoms with E-state index < -0.39 is 0 Å². The van der Waals surface area contributed by atoms with Crippen molar-refractivity contribution in [1.82, 2.24) is 4.98 Å². The second-order valence-corrected chi connectivity index (χ2v) is 4.68. The van der Waals surface area contributed by atoms with Crippen LogP contribution in [-0.4, -0.2) is 10.8 Å². The highest BCUT2D eigenvalue weighted by molar-refractivity contribution is 7.09. The Kier molecular flexibility index (Phi) is 3.22. The lowest BCUT2D eigenvalue weighted by molar-refractivity contribution is 0.0994. The van der Waals surface area contributed by atoms with Crippen LogP contribution in [0.25, 0.3) is 0 Å². The van der Waals surface area contributed by atoms with Crippen molar-refractivity contribution in [3.05, 3.63) is 45.4 Å². The van der Waals surface area contributed by atoms with Crippen LogP contribution in [0.3, 0.4) is 0 Å². The molecule has 1 aromatic heterocycles. The molecule has 0 aliphatic rings. The molecule has 2 rings (SSSR count). The molecule has 0 fully saturated rings. The van der Waals surface area contributed by atoms with Gasteiger partial charge in [-0.3, -0.25) is 9.78 Å². The lowest BCUT2D eigenvalue weighted by Crippen LogP contribution is -2.02. The number of nitrogen functional groups attached to an aromatic ring is 1. The summed E-state index contributed by atoms with van der Waals surface area (Å²) in [6.45, 7) is 0. The minimum atomic E-state index is 0.0196. The third-order valence-electron chi connectivity index (χ3n) is 2.14. The monoisotopic (exact) mass is 252 g/mol. The number of Topliss-reactive ketones (excluding diaryl/α,β-unsaturated/α-hetero) is 1. The van der Waals surface area contributed by atoms with Crippen LogP contribution in [0, 0.1) is 0 Å². The standard InChI is InChI=1S/C11H9ClN2OS/c12-9-3-7(1-2-10(9)13)11(15)4-8-5-14-6-16-8/h1-3,5-6H,4,13H2. The van der Waals surface area contributed by atoms with Gasteiger partial charge in [-0.05, 0) is 18.2 Å². The lowest BCUT2D eigenvalue weighted by atomic mass is 10.1. The third-order valence-corrected chi connectivity index (χ3v) is 3.25. The topological polar surface area (TPSA) is 56.0 Å². The van der Waals surface area contributed by atoms with Gasteiger partial charge in [0.1, 0.15) is 0 Å². The lowest BCUT2D eigenvalue weighted by Gasteiger charge is -2.02. The maximum Gasteiger partial charge on any atom is 0.168 e. The average Bonchev–Trinajstić information content (AvgIpc) is 2.74. The van der Waals surface area contributed by atoms with Crippen LogP contribution in [-0.2, 0) is 6.42 Å². The van der Waals surface area contributed by atoms with E-state index in [2.05, 4.69) is 4.98 Å². The quantitative estimate of drug-likeness (QED) is 0.675. The molecule has 1 aromatic carbocycles. The SMILES string of the molecule is Nc1ccc(C(=O)Cc2cncs2)cc1Cl. The van der Waals surface area contributed by atoms with E-state index >= 15 is 0 Å². The second kappa shape index (κ2) is 4.63. The molecular formula is C11H9ClN2OS. The van der Waals surface area contributed by atoms with Gasteiger partial charge in [0.05, 0.1) is 16.2 Å². The van der Waals surface area contributed by atoms with E-state index in [4.69, 9.17) is 17.3 Å². The summed E-state index contributed by atoms with van der Waals surface area (Å²) in [5.74, 6) is 0.0196. The number of nitrogens with two attached hydrogens (primary N) is 1. The number of hydrogen-bond acceptors (Lipinski definition) is 4. The molecule has 0 radical (unpaired) electrons. The first kappa shape index (κ1) is 11.1. The Morgan fingerprint density at radius 1 is 1.50 bits per heavy atom. The van der Waals surface area contributed by atoms with E-state index in [0.717, 1.165) is 4.88 Å². The van der Waals surface area contributed by atoms with Crippen molar-refractivity contribution in [3.63, 3.8) is 0 Å². The Hall–Kier alpha value is -1.39. The van der Waals surface area contributed by atoms with Gasteiger partial charge in [0.15, 0.2) is 5.78 Å². The minimum absolute atomic E-state index is 0.0196. The van der Waals surface area contributed by atoms with Crippen molar-refractivity contribution >= 4 is 34.4 Å². The maximum absolute atomic E-state index is 11.9. The number of carbonyl (C=O) groups excluding carboxylic acids is 1. The highest BCUT2D eigenvalue weighted by Crippen LogP contribution is 2.21. The Bertz CT molecular complexity index is 511. The highest BCUT2D eigenvalue weighted by atomic mass is 35.5. The first-order chi connectivity index (χ1) is 7.66. The first-order valence-corrected chi connectivity index (χ1v) is 5.88. The van der Waals surface area contributed by atoms with Gasteiger partial charge in [-0.15, -0.1) is 11.3 Å². The Balaban J connectivity index is 2.18. The molecule has 0 saturated carbocycles. The number of anilines is 1. The molecular weight excluding hydrogens is 244 g/mol.